The van der Waals surface area contributed by atoms with E-state index in [4.69, 9.17) is 0 Å². The summed E-state index contributed by atoms with van der Waals surface area (Å²) < 4.78 is 13.5. The standard InChI is InChI=1S/C17H21FN2O2/c1-12-9-15(13-3-2-4-14(18)10-13)19(11-12)7-8-20-16(21)5-6-17(20)22/h2-4,10,12,15H,5-9,11H2,1H3/t12-,15-/m1/s1. The van der Waals surface area contributed by atoms with Crippen molar-refractivity contribution >= 4 is 11.8 Å². The lowest BCUT2D eigenvalue weighted by molar-refractivity contribution is -0.138. The molecule has 2 fully saturated rings. The molecule has 2 atom stereocenters. The molecule has 1 aromatic rings. The number of rotatable bonds is 4. The number of nitrogens with zero attached hydrogens (tertiary/aromatic N) is 2. The van der Waals surface area contributed by atoms with Crippen molar-refractivity contribution in [3.05, 3.63) is 35.6 Å². The van der Waals surface area contributed by atoms with Gasteiger partial charge in [0.05, 0.1) is 0 Å². The Labute approximate surface area is 129 Å². The van der Waals surface area contributed by atoms with Crippen LogP contribution in [0, 0.1) is 11.7 Å². The van der Waals surface area contributed by atoms with Crippen molar-refractivity contribution < 1.29 is 14.0 Å². The molecule has 5 heteroatoms. The van der Waals surface area contributed by atoms with E-state index in [-0.39, 0.29) is 23.7 Å². The third-order valence-corrected chi connectivity index (χ3v) is 4.61. The smallest absolute Gasteiger partial charge is 0.229 e. The predicted molar refractivity (Wildman–Crippen MR) is 80.4 cm³/mol. The molecule has 118 valence electrons. The quantitative estimate of drug-likeness (QED) is 0.802. The molecule has 0 saturated carbocycles. The second-order valence-corrected chi connectivity index (χ2v) is 6.35. The summed E-state index contributed by atoms with van der Waals surface area (Å²) in [5, 5.41) is 0. The topological polar surface area (TPSA) is 40.6 Å². The lowest BCUT2D eigenvalue weighted by Gasteiger charge is -2.26. The van der Waals surface area contributed by atoms with E-state index in [2.05, 4.69) is 11.8 Å². The van der Waals surface area contributed by atoms with Gasteiger partial charge < -0.3 is 0 Å². The maximum Gasteiger partial charge on any atom is 0.229 e. The van der Waals surface area contributed by atoms with Gasteiger partial charge in [-0.2, -0.15) is 0 Å². The van der Waals surface area contributed by atoms with Crippen LogP contribution in [0.3, 0.4) is 0 Å². The highest BCUT2D eigenvalue weighted by molar-refractivity contribution is 6.01. The summed E-state index contributed by atoms with van der Waals surface area (Å²) in [6, 6.07) is 6.89. The number of amides is 2. The normalized spacial score (nSPS) is 26.2. The van der Waals surface area contributed by atoms with E-state index in [0.717, 1.165) is 18.5 Å². The monoisotopic (exact) mass is 304 g/mol. The molecule has 0 unspecified atom stereocenters. The number of benzene rings is 1. The Kier molecular flexibility index (Phi) is 4.25. The Morgan fingerprint density at radius 2 is 1.91 bits per heavy atom. The zero-order valence-corrected chi connectivity index (χ0v) is 12.8. The highest BCUT2D eigenvalue weighted by Crippen LogP contribution is 2.35. The third kappa shape index (κ3) is 3.04. The maximum atomic E-state index is 13.5. The van der Waals surface area contributed by atoms with Gasteiger partial charge in [0.25, 0.3) is 0 Å². The molecule has 2 aliphatic rings. The van der Waals surface area contributed by atoms with E-state index < -0.39 is 0 Å². The Hall–Kier alpha value is -1.75. The summed E-state index contributed by atoms with van der Waals surface area (Å²) in [6.07, 6.45) is 1.65. The van der Waals surface area contributed by atoms with Gasteiger partial charge in [-0.1, -0.05) is 19.1 Å². The largest absolute Gasteiger partial charge is 0.294 e. The van der Waals surface area contributed by atoms with Crippen molar-refractivity contribution in [1.29, 1.82) is 0 Å². The van der Waals surface area contributed by atoms with E-state index in [1.165, 1.54) is 11.0 Å². The Morgan fingerprint density at radius 1 is 1.18 bits per heavy atom. The Balaban J connectivity index is 1.69. The van der Waals surface area contributed by atoms with E-state index >= 15 is 0 Å². The lowest BCUT2D eigenvalue weighted by Crippen LogP contribution is -2.38. The van der Waals surface area contributed by atoms with Gasteiger partial charge >= 0.3 is 0 Å². The average molecular weight is 304 g/mol. The van der Waals surface area contributed by atoms with Crippen molar-refractivity contribution in [2.45, 2.75) is 32.2 Å². The molecule has 4 nitrogen and oxygen atoms in total. The van der Waals surface area contributed by atoms with Gasteiger partial charge in [0.15, 0.2) is 0 Å². The molecular weight excluding hydrogens is 283 g/mol. The lowest BCUT2D eigenvalue weighted by atomic mass is 10.0. The highest BCUT2D eigenvalue weighted by atomic mass is 19.1. The third-order valence-electron chi connectivity index (χ3n) is 4.61. The fourth-order valence-electron chi connectivity index (χ4n) is 3.54. The highest BCUT2D eigenvalue weighted by Gasteiger charge is 2.33. The number of halogens is 1. The van der Waals surface area contributed by atoms with Gasteiger partial charge in [0, 0.05) is 38.5 Å². The van der Waals surface area contributed by atoms with Crippen molar-refractivity contribution in [1.82, 2.24) is 9.80 Å². The molecule has 0 aliphatic carbocycles. The van der Waals surface area contributed by atoms with Gasteiger partial charge in [0.1, 0.15) is 5.82 Å². The van der Waals surface area contributed by atoms with Gasteiger partial charge in [-0.05, 0) is 30.0 Å². The molecule has 2 amide bonds. The molecule has 0 spiro atoms. The SMILES string of the molecule is C[C@@H]1C[C@H](c2cccc(F)c2)N(CCN2C(=O)CCC2=O)C1. The van der Waals surface area contributed by atoms with Gasteiger partial charge in [0.2, 0.25) is 11.8 Å². The van der Waals surface area contributed by atoms with E-state index in [0.29, 0.717) is 31.8 Å². The van der Waals surface area contributed by atoms with Crippen molar-refractivity contribution in [2.24, 2.45) is 5.92 Å². The van der Waals surface area contributed by atoms with Crippen LogP contribution in [0.15, 0.2) is 24.3 Å². The first-order chi connectivity index (χ1) is 10.5. The number of imide groups is 1. The molecule has 0 radical (unpaired) electrons. The summed E-state index contributed by atoms with van der Waals surface area (Å²) in [5.74, 6) is 0.166. The molecule has 2 aliphatic heterocycles. The summed E-state index contributed by atoms with van der Waals surface area (Å²) in [5.41, 5.74) is 0.975. The van der Waals surface area contributed by atoms with Crippen LogP contribution in [-0.2, 0) is 9.59 Å². The van der Waals surface area contributed by atoms with Gasteiger partial charge in [-0.3, -0.25) is 19.4 Å². The van der Waals surface area contributed by atoms with Gasteiger partial charge in [-0.15, -0.1) is 0 Å². The fourth-order valence-corrected chi connectivity index (χ4v) is 3.54. The van der Waals surface area contributed by atoms with Gasteiger partial charge in [-0.25, -0.2) is 4.39 Å². The molecular formula is C17H21FN2O2. The number of hydrogen-bond acceptors (Lipinski definition) is 3. The van der Waals surface area contributed by atoms with E-state index in [1.54, 1.807) is 12.1 Å². The minimum Gasteiger partial charge on any atom is -0.294 e. The van der Waals surface area contributed by atoms with E-state index in [1.807, 2.05) is 6.07 Å². The number of carbonyl (C=O) groups excluding carboxylic acids is 2. The molecule has 0 bridgehead atoms. The minimum atomic E-state index is -0.220. The number of carbonyl (C=O) groups is 2. The van der Waals surface area contributed by atoms with Crippen molar-refractivity contribution in [3.63, 3.8) is 0 Å². The molecule has 0 N–H and O–H groups in total. The van der Waals surface area contributed by atoms with Crippen LogP contribution in [0.4, 0.5) is 4.39 Å². The van der Waals surface area contributed by atoms with Crippen LogP contribution in [0.1, 0.15) is 37.8 Å². The average Bonchev–Trinajstić information content (AvgIpc) is 3.00. The predicted octanol–water partition coefficient (Wildman–Crippen LogP) is 2.36. The summed E-state index contributed by atoms with van der Waals surface area (Å²) >= 11 is 0. The Bertz CT molecular complexity index is 574. The van der Waals surface area contributed by atoms with Crippen LogP contribution >= 0.6 is 0 Å². The van der Waals surface area contributed by atoms with Crippen LogP contribution < -0.4 is 0 Å². The zero-order valence-electron chi connectivity index (χ0n) is 12.8. The van der Waals surface area contributed by atoms with Crippen LogP contribution in [0.5, 0.6) is 0 Å². The Morgan fingerprint density at radius 3 is 2.59 bits per heavy atom. The molecule has 0 aromatic heterocycles. The maximum absolute atomic E-state index is 13.5. The van der Waals surface area contributed by atoms with Crippen LogP contribution in [0.25, 0.3) is 0 Å². The molecule has 2 heterocycles. The zero-order chi connectivity index (χ0) is 15.7. The van der Waals surface area contributed by atoms with Crippen molar-refractivity contribution in [3.8, 4) is 0 Å². The summed E-state index contributed by atoms with van der Waals surface area (Å²) in [7, 11) is 0. The molecule has 2 saturated heterocycles. The molecule has 1 aromatic carbocycles. The molecule has 22 heavy (non-hydrogen) atoms. The second kappa shape index (κ2) is 6.16. The fraction of sp³-hybridized carbons (Fsp3) is 0.529. The summed E-state index contributed by atoms with van der Waals surface area (Å²) in [4.78, 5) is 27.0. The van der Waals surface area contributed by atoms with Crippen LogP contribution in [0.2, 0.25) is 0 Å². The number of likely N-dealkylation sites (tertiary alicyclic amines) is 2. The first-order valence-corrected chi connectivity index (χ1v) is 7.87. The summed E-state index contributed by atoms with van der Waals surface area (Å²) in [6.45, 7) is 4.19. The first kappa shape index (κ1) is 15.2. The molecule has 3 rings (SSSR count). The first-order valence-electron chi connectivity index (χ1n) is 7.87. The van der Waals surface area contributed by atoms with Crippen LogP contribution in [-0.4, -0.2) is 41.2 Å². The van der Waals surface area contributed by atoms with Crippen molar-refractivity contribution in [2.75, 3.05) is 19.6 Å². The second-order valence-electron chi connectivity index (χ2n) is 6.35. The minimum absolute atomic E-state index is 0.0699. The number of hydrogen-bond donors (Lipinski definition) is 0. The van der Waals surface area contributed by atoms with E-state index in [9.17, 15) is 14.0 Å².